The van der Waals surface area contributed by atoms with Gasteiger partial charge in [0.05, 0.1) is 19.3 Å². The van der Waals surface area contributed by atoms with E-state index in [4.69, 9.17) is 9.47 Å². The van der Waals surface area contributed by atoms with Crippen LogP contribution in [0.4, 0.5) is 0 Å². The fourth-order valence-electron chi connectivity index (χ4n) is 1.69. The Balaban J connectivity index is 1.71. The lowest BCUT2D eigenvalue weighted by atomic mass is 10.2. The largest absolute Gasteiger partial charge is 0.355 e. The average molecular weight is 226 g/mol. The molecule has 90 valence electrons. The van der Waals surface area contributed by atoms with E-state index < -0.39 is 0 Å². The molecule has 1 fully saturated rings. The second-order valence-corrected chi connectivity index (χ2v) is 3.77. The second kappa shape index (κ2) is 5.93. The highest BCUT2D eigenvalue weighted by Crippen LogP contribution is 2.04. The van der Waals surface area contributed by atoms with Crippen molar-refractivity contribution in [2.24, 2.45) is 0 Å². The number of aryl methyl sites for hydroxylation is 1. The van der Waals surface area contributed by atoms with Gasteiger partial charge in [0.2, 0.25) is 0 Å². The molecule has 1 aromatic rings. The summed E-state index contributed by atoms with van der Waals surface area (Å²) in [4.78, 5) is 0. The van der Waals surface area contributed by atoms with Gasteiger partial charge in [0.1, 0.15) is 18.9 Å². The Hall–Kier alpha value is -0.980. The Labute approximate surface area is 94.9 Å². The number of nitrogens with one attached hydrogen (secondary N) is 1. The molecule has 1 atom stereocenters. The van der Waals surface area contributed by atoms with Crippen molar-refractivity contribution in [3.05, 3.63) is 12.2 Å². The molecule has 1 aliphatic rings. The SMILES string of the molecule is CCn1cnnc1CNCC1CCOCO1. The molecule has 0 aliphatic carbocycles. The smallest absolute Gasteiger partial charge is 0.147 e. The molecule has 1 unspecified atom stereocenters. The van der Waals surface area contributed by atoms with E-state index in [9.17, 15) is 0 Å². The zero-order valence-electron chi connectivity index (χ0n) is 9.56. The summed E-state index contributed by atoms with van der Waals surface area (Å²) in [6.07, 6.45) is 2.96. The molecule has 0 saturated carbocycles. The van der Waals surface area contributed by atoms with Crippen molar-refractivity contribution in [3.8, 4) is 0 Å². The van der Waals surface area contributed by atoms with Gasteiger partial charge >= 0.3 is 0 Å². The maximum atomic E-state index is 5.43. The third-order valence-electron chi connectivity index (χ3n) is 2.66. The minimum atomic E-state index is 0.256. The van der Waals surface area contributed by atoms with Crippen molar-refractivity contribution in [2.45, 2.75) is 32.5 Å². The van der Waals surface area contributed by atoms with Crippen LogP contribution in [0.1, 0.15) is 19.2 Å². The van der Waals surface area contributed by atoms with Gasteiger partial charge in [-0.25, -0.2) is 0 Å². The van der Waals surface area contributed by atoms with E-state index in [-0.39, 0.29) is 6.10 Å². The second-order valence-electron chi connectivity index (χ2n) is 3.77. The third-order valence-corrected chi connectivity index (χ3v) is 2.66. The number of nitrogens with zero attached hydrogens (tertiary/aromatic N) is 3. The first-order valence-corrected chi connectivity index (χ1v) is 5.67. The van der Waals surface area contributed by atoms with Crippen molar-refractivity contribution < 1.29 is 9.47 Å². The van der Waals surface area contributed by atoms with Gasteiger partial charge < -0.3 is 19.4 Å². The van der Waals surface area contributed by atoms with E-state index in [0.29, 0.717) is 6.79 Å². The van der Waals surface area contributed by atoms with Crippen LogP contribution in [-0.4, -0.2) is 40.8 Å². The number of ether oxygens (including phenoxy) is 2. The molecule has 0 radical (unpaired) electrons. The molecule has 0 aromatic carbocycles. The standard InChI is InChI=1S/C10H18N4O2/c1-2-14-7-12-13-10(14)6-11-5-9-3-4-15-8-16-9/h7,9,11H,2-6,8H2,1H3. The normalized spacial score (nSPS) is 21.2. The summed E-state index contributed by atoms with van der Waals surface area (Å²) in [5.41, 5.74) is 0. The van der Waals surface area contributed by atoms with E-state index in [1.807, 2.05) is 4.57 Å². The molecule has 2 rings (SSSR count). The van der Waals surface area contributed by atoms with E-state index >= 15 is 0 Å². The maximum Gasteiger partial charge on any atom is 0.147 e. The molecule has 6 nitrogen and oxygen atoms in total. The molecule has 1 aromatic heterocycles. The first-order valence-electron chi connectivity index (χ1n) is 5.67. The highest BCUT2D eigenvalue weighted by Gasteiger charge is 2.13. The van der Waals surface area contributed by atoms with Crippen LogP contribution in [0.3, 0.4) is 0 Å². The van der Waals surface area contributed by atoms with Crippen LogP contribution in [0.2, 0.25) is 0 Å². The molecule has 0 amide bonds. The zero-order chi connectivity index (χ0) is 11.2. The Kier molecular flexibility index (Phi) is 4.26. The van der Waals surface area contributed by atoms with Crippen LogP contribution in [0.5, 0.6) is 0 Å². The minimum absolute atomic E-state index is 0.256. The average Bonchev–Trinajstić information content (AvgIpc) is 2.78. The molecule has 0 bridgehead atoms. The van der Waals surface area contributed by atoms with E-state index in [0.717, 1.165) is 38.5 Å². The van der Waals surface area contributed by atoms with Crippen LogP contribution in [0.25, 0.3) is 0 Å². The van der Waals surface area contributed by atoms with Crippen LogP contribution in [-0.2, 0) is 22.6 Å². The van der Waals surface area contributed by atoms with Gasteiger partial charge in [-0.3, -0.25) is 0 Å². The van der Waals surface area contributed by atoms with Crippen molar-refractivity contribution >= 4 is 0 Å². The molecular formula is C10H18N4O2. The predicted octanol–water partition coefficient (Wildman–Crippen LogP) is 0.151. The first kappa shape index (κ1) is 11.5. The number of rotatable bonds is 5. The van der Waals surface area contributed by atoms with Crippen molar-refractivity contribution in [2.75, 3.05) is 19.9 Å². The Morgan fingerprint density at radius 3 is 3.31 bits per heavy atom. The molecule has 1 N–H and O–H groups in total. The van der Waals surface area contributed by atoms with Crippen molar-refractivity contribution in [3.63, 3.8) is 0 Å². The number of hydrogen-bond acceptors (Lipinski definition) is 5. The topological polar surface area (TPSA) is 61.2 Å². The van der Waals surface area contributed by atoms with Crippen molar-refractivity contribution in [1.82, 2.24) is 20.1 Å². The Morgan fingerprint density at radius 2 is 2.56 bits per heavy atom. The van der Waals surface area contributed by atoms with Gasteiger partial charge in [-0.1, -0.05) is 0 Å². The highest BCUT2D eigenvalue weighted by atomic mass is 16.7. The van der Waals surface area contributed by atoms with Gasteiger partial charge in [0.25, 0.3) is 0 Å². The number of aromatic nitrogens is 3. The van der Waals surface area contributed by atoms with Crippen LogP contribution in [0, 0.1) is 0 Å². The monoisotopic (exact) mass is 226 g/mol. The lowest BCUT2D eigenvalue weighted by molar-refractivity contribution is -0.137. The van der Waals surface area contributed by atoms with Crippen LogP contribution >= 0.6 is 0 Å². The lowest BCUT2D eigenvalue weighted by Crippen LogP contribution is -2.34. The Morgan fingerprint density at radius 1 is 1.62 bits per heavy atom. The molecule has 16 heavy (non-hydrogen) atoms. The first-order chi connectivity index (χ1) is 7.90. The fourth-order valence-corrected chi connectivity index (χ4v) is 1.69. The zero-order valence-corrected chi connectivity index (χ0v) is 9.56. The van der Waals surface area contributed by atoms with Gasteiger partial charge in [-0.15, -0.1) is 10.2 Å². The maximum absolute atomic E-state index is 5.43. The summed E-state index contributed by atoms with van der Waals surface area (Å²) in [7, 11) is 0. The summed E-state index contributed by atoms with van der Waals surface area (Å²) < 4.78 is 12.6. The van der Waals surface area contributed by atoms with E-state index in [2.05, 4.69) is 22.4 Å². The Bertz CT molecular complexity index is 310. The molecular weight excluding hydrogens is 208 g/mol. The molecule has 1 saturated heterocycles. The van der Waals surface area contributed by atoms with Gasteiger partial charge in [0.15, 0.2) is 0 Å². The van der Waals surface area contributed by atoms with E-state index in [1.165, 1.54) is 0 Å². The summed E-state index contributed by atoms with van der Waals surface area (Å²) >= 11 is 0. The summed E-state index contributed by atoms with van der Waals surface area (Å²) in [6.45, 7) is 5.75. The number of hydrogen-bond donors (Lipinski definition) is 1. The quantitative estimate of drug-likeness (QED) is 0.774. The molecule has 2 heterocycles. The molecule has 1 aliphatic heterocycles. The lowest BCUT2D eigenvalue weighted by Gasteiger charge is -2.22. The fraction of sp³-hybridized carbons (Fsp3) is 0.800. The summed E-state index contributed by atoms with van der Waals surface area (Å²) in [5, 5.41) is 11.3. The summed E-state index contributed by atoms with van der Waals surface area (Å²) in [6, 6.07) is 0. The molecule has 6 heteroatoms. The predicted molar refractivity (Wildman–Crippen MR) is 57.7 cm³/mol. The summed E-state index contributed by atoms with van der Waals surface area (Å²) in [5.74, 6) is 0.967. The van der Waals surface area contributed by atoms with Gasteiger partial charge in [-0.2, -0.15) is 0 Å². The van der Waals surface area contributed by atoms with Gasteiger partial charge in [-0.05, 0) is 13.3 Å². The third kappa shape index (κ3) is 3.01. The van der Waals surface area contributed by atoms with Crippen LogP contribution < -0.4 is 5.32 Å². The highest BCUT2D eigenvalue weighted by molar-refractivity contribution is 4.84. The van der Waals surface area contributed by atoms with E-state index in [1.54, 1.807) is 6.33 Å². The molecule has 0 spiro atoms. The van der Waals surface area contributed by atoms with Gasteiger partial charge in [0, 0.05) is 13.1 Å². The minimum Gasteiger partial charge on any atom is -0.355 e. The van der Waals surface area contributed by atoms with Crippen molar-refractivity contribution in [1.29, 1.82) is 0 Å². The van der Waals surface area contributed by atoms with Crippen LogP contribution in [0.15, 0.2) is 6.33 Å².